The van der Waals surface area contributed by atoms with Crippen molar-refractivity contribution >= 4 is 11.0 Å². The van der Waals surface area contributed by atoms with Gasteiger partial charge in [-0.05, 0) is 46.0 Å². The normalized spacial score (nSPS) is 13.3. The lowest BCUT2D eigenvalue weighted by atomic mass is 10.0. The lowest BCUT2D eigenvalue weighted by Crippen LogP contribution is -2.25. The molecule has 0 spiro atoms. The van der Waals surface area contributed by atoms with Crippen molar-refractivity contribution in [1.29, 1.82) is 0 Å². The zero-order valence-electron chi connectivity index (χ0n) is 12.1. The molecular weight excluding hydrogens is 236 g/mol. The molecule has 0 amide bonds. The fourth-order valence-electron chi connectivity index (χ4n) is 2.55. The molecule has 0 fully saturated rings. The van der Waals surface area contributed by atoms with Gasteiger partial charge in [-0.2, -0.15) is 0 Å². The number of furan rings is 1. The predicted molar refractivity (Wildman–Crippen MR) is 80.3 cm³/mol. The summed E-state index contributed by atoms with van der Waals surface area (Å²) in [5, 5.41) is 1.25. The van der Waals surface area contributed by atoms with Crippen LogP contribution < -0.4 is 5.73 Å². The largest absolute Gasteiger partial charge is 0.459 e. The maximum Gasteiger partial charge on any atom is 0.134 e. The van der Waals surface area contributed by atoms with E-state index in [1.165, 1.54) is 10.9 Å². The van der Waals surface area contributed by atoms with Gasteiger partial charge in [-0.3, -0.25) is 4.90 Å². The van der Waals surface area contributed by atoms with Crippen molar-refractivity contribution < 1.29 is 4.42 Å². The molecule has 104 valence electrons. The Labute approximate surface area is 115 Å². The van der Waals surface area contributed by atoms with E-state index >= 15 is 0 Å². The standard InChI is InChI=1S/C16H24N2O/c1-4-13-14-8-5-6-9-15(14)19-16(13)12(2)18(3)11-7-10-17/h5-6,8-9,12H,4,7,10-11,17H2,1-3H3. The Morgan fingerprint density at radius 1 is 1.32 bits per heavy atom. The number of para-hydroxylation sites is 1. The van der Waals surface area contributed by atoms with Crippen LogP contribution in [-0.2, 0) is 6.42 Å². The Kier molecular flexibility index (Phi) is 4.61. The summed E-state index contributed by atoms with van der Waals surface area (Å²) in [4.78, 5) is 2.31. The second kappa shape index (κ2) is 6.22. The second-order valence-corrected chi connectivity index (χ2v) is 5.09. The van der Waals surface area contributed by atoms with Crippen LogP contribution in [0.25, 0.3) is 11.0 Å². The number of hydrogen-bond donors (Lipinski definition) is 1. The molecule has 3 heteroatoms. The summed E-state index contributed by atoms with van der Waals surface area (Å²) in [6, 6.07) is 8.58. The Morgan fingerprint density at radius 3 is 2.74 bits per heavy atom. The van der Waals surface area contributed by atoms with E-state index in [-0.39, 0.29) is 6.04 Å². The number of nitrogens with zero attached hydrogens (tertiary/aromatic N) is 1. The Morgan fingerprint density at radius 2 is 2.05 bits per heavy atom. The summed E-state index contributed by atoms with van der Waals surface area (Å²) in [6.45, 7) is 6.12. The fraction of sp³-hybridized carbons (Fsp3) is 0.500. The van der Waals surface area contributed by atoms with Crippen molar-refractivity contribution in [2.24, 2.45) is 5.73 Å². The van der Waals surface area contributed by atoms with Crippen LogP contribution in [0.15, 0.2) is 28.7 Å². The quantitative estimate of drug-likeness (QED) is 0.866. The van der Waals surface area contributed by atoms with E-state index in [9.17, 15) is 0 Å². The first kappa shape index (κ1) is 14.1. The van der Waals surface area contributed by atoms with Gasteiger partial charge in [-0.25, -0.2) is 0 Å². The van der Waals surface area contributed by atoms with Gasteiger partial charge in [0.05, 0.1) is 6.04 Å². The highest BCUT2D eigenvalue weighted by Gasteiger charge is 2.20. The highest BCUT2D eigenvalue weighted by Crippen LogP contribution is 2.32. The van der Waals surface area contributed by atoms with Gasteiger partial charge in [-0.15, -0.1) is 0 Å². The Hall–Kier alpha value is -1.32. The second-order valence-electron chi connectivity index (χ2n) is 5.09. The number of rotatable bonds is 6. The third-order valence-corrected chi connectivity index (χ3v) is 3.84. The number of nitrogens with two attached hydrogens (primary N) is 1. The van der Waals surface area contributed by atoms with Crippen molar-refractivity contribution in [3.8, 4) is 0 Å². The Bertz CT molecular complexity index is 533. The van der Waals surface area contributed by atoms with Crippen molar-refractivity contribution in [2.45, 2.75) is 32.7 Å². The van der Waals surface area contributed by atoms with E-state index in [4.69, 9.17) is 10.2 Å². The number of fused-ring (bicyclic) bond motifs is 1. The van der Waals surface area contributed by atoms with Crippen molar-refractivity contribution in [2.75, 3.05) is 20.1 Å². The van der Waals surface area contributed by atoms with Crippen LogP contribution in [0, 0.1) is 0 Å². The van der Waals surface area contributed by atoms with Crippen LogP contribution in [-0.4, -0.2) is 25.0 Å². The average Bonchev–Trinajstić information content (AvgIpc) is 2.82. The molecule has 1 aromatic heterocycles. The van der Waals surface area contributed by atoms with Crippen LogP contribution in [0.5, 0.6) is 0 Å². The van der Waals surface area contributed by atoms with Crippen LogP contribution >= 0.6 is 0 Å². The molecule has 1 atom stereocenters. The molecule has 0 radical (unpaired) electrons. The summed E-state index contributed by atoms with van der Waals surface area (Å²) >= 11 is 0. The van der Waals surface area contributed by atoms with Crippen LogP contribution in [0.2, 0.25) is 0 Å². The minimum Gasteiger partial charge on any atom is -0.459 e. The molecule has 1 heterocycles. The third kappa shape index (κ3) is 2.82. The van der Waals surface area contributed by atoms with Gasteiger partial charge in [0.2, 0.25) is 0 Å². The molecule has 1 aromatic carbocycles. The molecule has 3 nitrogen and oxygen atoms in total. The van der Waals surface area contributed by atoms with Crippen LogP contribution in [0.3, 0.4) is 0 Å². The molecule has 0 saturated heterocycles. The van der Waals surface area contributed by atoms with E-state index in [0.29, 0.717) is 0 Å². The molecule has 0 bridgehead atoms. The molecule has 2 rings (SSSR count). The van der Waals surface area contributed by atoms with Gasteiger partial charge >= 0.3 is 0 Å². The predicted octanol–water partition coefficient (Wildman–Crippen LogP) is 3.34. The molecule has 2 aromatic rings. The molecule has 0 saturated carbocycles. The van der Waals surface area contributed by atoms with Gasteiger partial charge in [0.25, 0.3) is 0 Å². The number of hydrogen-bond acceptors (Lipinski definition) is 3. The highest BCUT2D eigenvalue weighted by molar-refractivity contribution is 5.82. The molecule has 0 aliphatic rings. The van der Waals surface area contributed by atoms with E-state index in [0.717, 1.165) is 37.3 Å². The minimum absolute atomic E-state index is 0.286. The van der Waals surface area contributed by atoms with E-state index < -0.39 is 0 Å². The molecule has 2 N–H and O–H groups in total. The maximum atomic E-state index is 6.08. The number of benzene rings is 1. The molecular formula is C16H24N2O. The summed E-state index contributed by atoms with van der Waals surface area (Å²) in [5.74, 6) is 1.10. The van der Waals surface area contributed by atoms with E-state index in [1.807, 2.05) is 12.1 Å². The van der Waals surface area contributed by atoms with Crippen molar-refractivity contribution in [3.63, 3.8) is 0 Å². The third-order valence-electron chi connectivity index (χ3n) is 3.84. The average molecular weight is 260 g/mol. The first-order valence-corrected chi connectivity index (χ1v) is 7.09. The van der Waals surface area contributed by atoms with Gasteiger partial charge in [0.1, 0.15) is 11.3 Å². The minimum atomic E-state index is 0.286. The summed E-state index contributed by atoms with van der Waals surface area (Å²) in [5.41, 5.74) is 7.91. The van der Waals surface area contributed by atoms with Crippen molar-refractivity contribution in [1.82, 2.24) is 4.90 Å². The molecule has 0 aliphatic carbocycles. The summed E-state index contributed by atoms with van der Waals surface area (Å²) in [6.07, 6.45) is 2.02. The lowest BCUT2D eigenvalue weighted by molar-refractivity contribution is 0.231. The fourth-order valence-corrected chi connectivity index (χ4v) is 2.55. The first-order chi connectivity index (χ1) is 9.19. The van der Waals surface area contributed by atoms with Crippen LogP contribution in [0.1, 0.15) is 37.6 Å². The summed E-state index contributed by atoms with van der Waals surface area (Å²) in [7, 11) is 2.13. The first-order valence-electron chi connectivity index (χ1n) is 7.09. The monoisotopic (exact) mass is 260 g/mol. The van der Waals surface area contributed by atoms with Crippen molar-refractivity contribution in [3.05, 3.63) is 35.6 Å². The Balaban J connectivity index is 2.33. The summed E-state index contributed by atoms with van der Waals surface area (Å²) < 4.78 is 6.08. The van der Waals surface area contributed by atoms with Gasteiger partial charge < -0.3 is 10.2 Å². The zero-order chi connectivity index (χ0) is 13.8. The van der Waals surface area contributed by atoms with E-state index in [1.54, 1.807) is 0 Å². The molecule has 19 heavy (non-hydrogen) atoms. The van der Waals surface area contributed by atoms with Gasteiger partial charge in [0, 0.05) is 10.9 Å². The topological polar surface area (TPSA) is 42.4 Å². The highest BCUT2D eigenvalue weighted by atomic mass is 16.3. The molecule has 0 aliphatic heterocycles. The zero-order valence-corrected chi connectivity index (χ0v) is 12.1. The number of aryl methyl sites for hydroxylation is 1. The van der Waals surface area contributed by atoms with Gasteiger partial charge in [0.15, 0.2) is 0 Å². The van der Waals surface area contributed by atoms with Crippen LogP contribution in [0.4, 0.5) is 0 Å². The maximum absolute atomic E-state index is 6.08. The molecule has 1 unspecified atom stereocenters. The van der Waals surface area contributed by atoms with E-state index in [2.05, 4.69) is 37.9 Å². The smallest absolute Gasteiger partial charge is 0.134 e. The van der Waals surface area contributed by atoms with Gasteiger partial charge in [-0.1, -0.05) is 25.1 Å². The SMILES string of the molecule is CCc1c(C(C)N(C)CCCN)oc2ccccc12. The lowest BCUT2D eigenvalue weighted by Gasteiger charge is -2.23.